The van der Waals surface area contributed by atoms with Gasteiger partial charge in [-0.3, -0.25) is 0 Å². The smallest absolute Gasteiger partial charge is 0.0666 e. The van der Waals surface area contributed by atoms with Crippen LogP contribution in [0.25, 0.3) is 32.3 Å². The van der Waals surface area contributed by atoms with Gasteiger partial charge in [-0.25, -0.2) is 0 Å². The topological polar surface area (TPSA) is 12.5 Å². The van der Waals surface area contributed by atoms with Gasteiger partial charge in [0.05, 0.1) is 12.6 Å². The van der Waals surface area contributed by atoms with Crippen molar-refractivity contribution in [3.05, 3.63) is 53.6 Å². The van der Waals surface area contributed by atoms with Gasteiger partial charge in [0.2, 0.25) is 0 Å². The maximum Gasteiger partial charge on any atom is 0.0666 e. The van der Waals surface area contributed by atoms with E-state index in [0.717, 1.165) is 18.2 Å². The Hall–Kier alpha value is -2.03. The zero-order valence-corrected chi connectivity index (χ0v) is 15.0. The molecule has 25 heavy (non-hydrogen) atoms. The van der Waals surface area contributed by atoms with Crippen LogP contribution in [0.1, 0.15) is 12.8 Å². The molecule has 1 aliphatic heterocycles. The van der Waals surface area contributed by atoms with Crippen molar-refractivity contribution < 1.29 is 4.74 Å². The lowest BCUT2D eigenvalue weighted by molar-refractivity contribution is 0.181. The molecule has 0 saturated carbocycles. The highest BCUT2D eigenvalue weighted by molar-refractivity contribution is 6.34. The van der Waals surface area contributed by atoms with Crippen LogP contribution in [-0.4, -0.2) is 26.3 Å². The third-order valence-electron chi connectivity index (χ3n) is 5.59. The minimum absolute atomic E-state index is 0.470. The Kier molecular flexibility index (Phi) is 3.51. The first-order chi connectivity index (χ1) is 12.3. The predicted molar refractivity (Wildman–Crippen MR) is 107 cm³/mol. The summed E-state index contributed by atoms with van der Waals surface area (Å²) >= 11 is 6.31. The number of hydrogen-bond acceptors (Lipinski definition) is 2. The molecule has 1 heterocycles. The number of halogens is 1. The first-order valence-electron chi connectivity index (χ1n) is 8.89. The molecule has 0 spiro atoms. The van der Waals surface area contributed by atoms with Crippen molar-refractivity contribution in [1.82, 2.24) is 0 Å². The summed E-state index contributed by atoms with van der Waals surface area (Å²) in [5.41, 5.74) is 1.33. The Morgan fingerprint density at radius 1 is 1.00 bits per heavy atom. The highest BCUT2D eigenvalue weighted by atomic mass is 35.5. The summed E-state index contributed by atoms with van der Waals surface area (Å²) in [4.78, 5) is 2.53. The summed E-state index contributed by atoms with van der Waals surface area (Å²) in [6.45, 7) is 1.89. The average molecular weight is 350 g/mol. The van der Waals surface area contributed by atoms with Gasteiger partial charge in [-0.2, -0.15) is 0 Å². The summed E-state index contributed by atoms with van der Waals surface area (Å²) in [5.74, 6) is 0. The normalized spacial score (nSPS) is 18.2. The molecule has 1 fully saturated rings. The number of methoxy groups -OCH3 is 1. The Bertz CT molecular complexity index is 1060. The Morgan fingerprint density at radius 3 is 2.52 bits per heavy atom. The molecule has 0 aromatic heterocycles. The van der Waals surface area contributed by atoms with E-state index in [2.05, 4.69) is 53.4 Å². The Labute approximate surface area is 152 Å². The lowest BCUT2D eigenvalue weighted by Gasteiger charge is -2.28. The number of anilines is 1. The van der Waals surface area contributed by atoms with Crippen LogP contribution in [0.5, 0.6) is 0 Å². The molecular formula is C22H20ClNO. The molecule has 0 aliphatic carbocycles. The highest BCUT2D eigenvalue weighted by Gasteiger charge is 2.26. The maximum atomic E-state index is 6.31. The van der Waals surface area contributed by atoms with E-state index in [9.17, 15) is 0 Å². The average Bonchev–Trinajstić information content (AvgIpc) is 3.07. The van der Waals surface area contributed by atoms with Crippen molar-refractivity contribution >= 4 is 49.6 Å². The first-order valence-corrected chi connectivity index (χ1v) is 9.27. The van der Waals surface area contributed by atoms with E-state index in [1.54, 1.807) is 7.11 Å². The molecular weight excluding hydrogens is 330 g/mol. The fourth-order valence-corrected chi connectivity index (χ4v) is 4.77. The van der Waals surface area contributed by atoms with E-state index in [4.69, 9.17) is 16.3 Å². The molecule has 0 bridgehead atoms. The number of nitrogens with zero attached hydrogens (tertiary/aromatic N) is 1. The molecule has 1 aliphatic rings. The highest BCUT2D eigenvalue weighted by Crippen LogP contribution is 2.41. The molecule has 4 aromatic carbocycles. The predicted octanol–water partition coefficient (Wildman–Crippen LogP) is 5.85. The third-order valence-corrected chi connectivity index (χ3v) is 5.80. The Morgan fingerprint density at radius 2 is 1.72 bits per heavy atom. The van der Waals surface area contributed by atoms with Gasteiger partial charge < -0.3 is 9.64 Å². The molecule has 4 aromatic rings. The van der Waals surface area contributed by atoms with E-state index in [1.807, 2.05) is 0 Å². The molecule has 1 atom stereocenters. The minimum Gasteiger partial charge on any atom is -0.383 e. The Balaban J connectivity index is 1.81. The summed E-state index contributed by atoms with van der Waals surface area (Å²) < 4.78 is 5.46. The molecule has 5 rings (SSSR count). The van der Waals surface area contributed by atoms with Crippen LogP contribution in [0.15, 0.2) is 48.5 Å². The van der Waals surface area contributed by atoms with Crippen molar-refractivity contribution in [3.63, 3.8) is 0 Å². The van der Waals surface area contributed by atoms with Gasteiger partial charge in [0.1, 0.15) is 0 Å². The van der Waals surface area contributed by atoms with Crippen LogP contribution in [0.2, 0.25) is 5.02 Å². The van der Waals surface area contributed by atoms with E-state index < -0.39 is 0 Å². The van der Waals surface area contributed by atoms with Crippen molar-refractivity contribution in [2.24, 2.45) is 0 Å². The van der Waals surface area contributed by atoms with Gasteiger partial charge >= 0.3 is 0 Å². The van der Waals surface area contributed by atoms with E-state index in [1.165, 1.54) is 50.8 Å². The van der Waals surface area contributed by atoms with E-state index in [0.29, 0.717) is 6.04 Å². The van der Waals surface area contributed by atoms with Crippen LogP contribution in [0.4, 0.5) is 5.69 Å². The van der Waals surface area contributed by atoms with Crippen molar-refractivity contribution in [2.75, 3.05) is 25.2 Å². The number of benzene rings is 4. The fourth-order valence-electron chi connectivity index (χ4n) is 4.53. The maximum absolute atomic E-state index is 6.31. The number of rotatable bonds is 3. The standard InChI is InChI=1S/C22H20ClNO/c1-25-13-18-3-2-10-24(18)20-9-7-14-4-5-15-11-17(23)12-16-6-8-19(20)22(14)21(15)16/h4-9,11-12,18H,2-3,10,13H2,1H3. The second-order valence-corrected chi connectivity index (χ2v) is 7.47. The summed E-state index contributed by atoms with van der Waals surface area (Å²) in [5, 5.41) is 8.53. The minimum atomic E-state index is 0.470. The van der Waals surface area contributed by atoms with Crippen molar-refractivity contribution in [2.45, 2.75) is 18.9 Å². The van der Waals surface area contributed by atoms with Crippen LogP contribution in [0.3, 0.4) is 0 Å². The lowest BCUT2D eigenvalue weighted by Crippen LogP contribution is -2.32. The van der Waals surface area contributed by atoms with Crippen LogP contribution in [0, 0.1) is 0 Å². The van der Waals surface area contributed by atoms with Crippen molar-refractivity contribution in [3.8, 4) is 0 Å². The van der Waals surface area contributed by atoms with Gasteiger partial charge in [-0.1, -0.05) is 41.9 Å². The molecule has 0 N–H and O–H groups in total. The van der Waals surface area contributed by atoms with Crippen molar-refractivity contribution in [1.29, 1.82) is 0 Å². The van der Waals surface area contributed by atoms with Gasteiger partial charge in [0.25, 0.3) is 0 Å². The summed E-state index contributed by atoms with van der Waals surface area (Å²) in [6.07, 6.45) is 2.43. The molecule has 2 nitrogen and oxygen atoms in total. The lowest BCUT2D eigenvalue weighted by atomic mass is 9.93. The van der Waals surface area contributed by atoms with Gasteiger partial charge in [0, 0.05) is 29.8 Å². The van der Waals surface area contributed by atoms with Gasteiger partial charge in [-0.15, -0.1) is 0 Å². The van der Waals surface area contributed by atoms with Gasteiger partial charge in [-0.05, 0) is 58.0 Å². The number of ether oxygens (including phenoxy) is 1. The zero-order valence-electron chi connectivity index (χ0n) is 14.3. The number of hydrogen-bond donors (Lipinski definition) is 0. The molecule has 126 valence electrons. The first kappa shape index (κ1) is 15.2. The van der Waals surface area contributed by atoms with E-state index >= 15 is 0 Å². The van der Waals surface area contributed by atoms with E-state index in [-0.39, 0.29) is 0 Å². The molecule has 0 radical (unpaired) electrons. The second-order valence-electron chi connectivity index (χ2n) is 7.03. The molecule has 0 amide bonds. The van der Waals surface area contributed by atoms with Gasteiger partial charge in [0.15, 0.2) is 0 Å². The SMILES string of the molecule is COCC1CCCN1c1ccc2ccc3cc(Cl)cc4ccc1c2c34. The van der Waals surface area contributed by atoms with Crippen LogP contribution >= 0.6 is 11.6 Å². The zero-order chi connectivity index (χ0) is 17.0. The third kappa shape index (κ3) is 2.28. The summed E-state index contributed by atoms with van der Waals surface area (Å²) in [6, 6.07) is 18.0. The molecule has 1 unspecified atom stereocenters. The molecule has 3 heteroatoms. The second kappa shape index (κ2) is 5.76. The van der Waals surface area contributed by atoms with Crippen LogP contribution in [-0.2, 0) is 4.74 Å². The van der Waals surface area contributed by atoms with Crippen LogP contribution < -0.4 is 4.90 Å². The molecule has 1 saturated heterocycles. The summed E-state index contributed by atoms with van der Waals surface area (Å²) in [7, 11) is 1.80. The quantitative estimate of drug-likeness (QED) is 0.430. The fraction of sp³-hybridized carbons (Fsp3) is 0.273. The monoisotopic (exact) mass is 349 g/mol. The largest absolute Gasteiger partial charge is 0.383 e.